The molecular weight excluding hydrogens is 208 g/mol. The fourth-order valence-electron chi connectivity index (χ4n) is 1.46. The van der Waals surface area contributed by atoms with Crippen LogP contribution in [0, 0.1) is 0 Å². The van der Waals surface area contributed by atoms with Gasteiger partial charge in [0.1, 0.15) is 0 Å². The first kappa shape index (κ1) is 11.4. The van der Waals surface area contributed by atoms with Crippen LogP contribution in [0.1, 0.15) is 23.5 Å². The Labute approximate surface area is 87.7 Å². The second kappa shape index (κ2) is 3.83. The van der Waals surface area contributed by atoms with Crippen LogP contribution >= 0.6 is 12.4 Å². The molecule has 1 aliphatic rings. The summed E-state index contributed by atoms with van der Waals surface area (Å²) in [5, 5.41) is 0. The van der Waals surface area contributed by atoms with Crippen molar-refractivity contribution in [2.75, 3.05) is 0 Å². The predicted octanol–water partition coefficient (Wildman–Crippen LogP) is 2.69. The molecule has 0 amide bonds. The van der Waals surface area contributed by atoms with Gasteiger partial charge in [-0.2, -0.15) is 0 Å². The number of nitrogens with two attached hydrogens (primary N) is 1. The average molecular weight is 220 g/mol. The maximum atomic E-state index is 12.6. The maximum Gasteiger partial charge on any atom is 0.255 e. The van der Waals surface area contributed by atoms with Crippen molar-refractivity contribution in [2.24, 2.45) is 5.73 Å². The molecule has 0 spiro atoms. The van der Waals surface area contributed by atoms with Gasteiger partial charge in [0.05, 0.1) is 5.92 Å². The third-order valence-corrected chi connectivity index (χ3v) is 2.44. The maximum absolute atomic E-state index is 12.6. The van der Waals surface area contributed by atoms with Crippen molar-refractivity contribution in [3.63, 3.8) is 0 Å². The van der Waals surface area contributed by atoms with Crippen LogP contribution in [0.4, 0.5) is 8.78 Å². The van der Waals surface area contributed by atoms with Crippen molar-refractivity contribution in [1.29, 1.82) is 0 Å². The van der Waals surface area contributed by atoms with Gasteiger partial charge in [0.2, 0.25) is 0 Å². The SMILES string of the molecule is Cl.NCc1ccc(C2CC2(F)F)cc1. The van der Waals surface area contributed by atoms with E-state index < -0.39 is 11.8 Å². The van der Waals surface area contributed by atoms with E-state index in [0.29, 0.717) is 6.54 Å². The molecule has 4 heteroatoms. The van der Waals surface area contributed by atoms with Crippen molar-refractivity contribution in [3.05, 3.63) is 35.4 Å². The number of benzene rings is 1. The molecule has 1 aromatic carbocycles. The first-order valence-corrected chi connectivity index (χ1v) is 4.30. The number of hydrogen-bond acceptors (Lipinski definition) is 1. The van der Waals surface area contributed by atoms with Gasteiger partial charge in [-0.05, 0) is 11.1 Å². The Morgan fingerprint density at radius 1 is 1.29 bits per heavy atom. The molecule has 1 atom stereocenters. The summed E-state index contributed by atoms with van der Waals surface area (Å²) >= 11 is 0. The molecule has 0 saturated heterocycles. The van der Waals surface area contributed by atoms with Crippen molar-refractivity contribution in [3.8, 4) is 0 Å². The van der Waals surface area contributed by atoms with Crippen molar-refractivity contribution < 1.29 is 8.78 Å². The van der Waals surface area contributed by atoms with Gasteiger partial charge in [0.15, 0.2) is 0 Å². The van der Waals surface area contributed by atoms with Gasteiger partial charge in [-0.1, -0.05) is 24.3 Å². The minimum absolute atomic E-state index is 0. The summed E-state index contributed by atoms with van der Waals surface area (Å²) in [6, 6.07) is 7.11. The highest BCUT2D eigenvalue weighted by atomic mass is 35.5. The Balaban J connectivity index is 0.000000980. The van der Waals surface area contributed by atoms with E-state index in [1.54, 1.807) is 12.1 Å². The van der Waals surface area contributed by atoms with E-state index in [1.807, 2.05) is 12.1 Å². The molecular formula is C10H12ClF2N. The number of halogens is 3. The quantitative estimate of drug-likeness (QED) is 0.813. The topological polar surface area (TPSA) is 26.0 Å². The van der Waals surface area contributed by atoms with Gasteiger partial charge in [-0.25, -0.2) is 8.78 Å². The van der Waals surface area contributed by atoms with Gasteiger partial charge in [-0.15, -0.1) is 12.4 Å². The summed E-state index contributed by atoms with van der Waals surface area (Å²) < 4.78 is 25.3. The molecule has 0 bridgehead atoms. The van der Waals surface area contributed by atoms with Crippen LogP contribution < -0.4 is 5.73 Å². The Morgan fingerprint density at radius 3 is 2.14 bits per heavy atom. The third-order valence-electron chi connectivity index (χ3n) is 2.44. The van der Waals surface area contributed by atoms with E-state index in [9.17, 15) is 8.78 Å². The lowest BCUT2D eigenvalue weighted by molar-refractivity contribution is 0.112. The average Bonchev–Trinajstić information content (AvgIpc) is 2.76. The molecule has 0 heterocycles. The van der Waals surface area contributed by atoms with Gasteiger partial charge >= 0.3 is 0 Å². The van der Waals surface area contributed by atoms with Gasteiger partial charge < -0.3 is 5.73 Å². The molecule has 1 saturated carbocycles. The Kier molecular flexibility index (Phi) is 3.12. The van der Waals surface area contributed by atoms with Crippen LogP contribution in [0.25, 0.3) is 0 Å². The molecule has 14 heavy (non-hydrogen) atoms. The molecule has 0 radical (unpaired) electrons. The highest BCUT2D eigenvalue weighted by Gasteiger charge is 2.57. The largest absolute Gasteiger partial charge is 0.326 e. The van der Waals surface area contributed by atoms with E-state index in [0.717, 1.165) is 11.1 Å². The first-order valence-electron chi connectivity index (χ1n) is 4.30. The van der Waals surface area contributed by atoms with Crippen LogP contribution in [-0.4, -0.2) is 5.92 Å². The zero-order chi connectivity index (χ0) is 9.47. The van der Waals surface area contributed by atoms with Gasteiger partial charge in [0, 0.05) is 13.0 Å². The summed E-state index contributed by atoms with van der Waals surface area (Å²) in [5.74, 6) is -3.02. The summed E-state index contributed by atoms with van der Waals surface area (Å²) in [5.41, 5.74) is 7.10. The van der Waals surface area contributed by atoms with Gasteiger partial charge in [0.25, 0.3) is 5.92 Å². The Bertz CT molecular complexity index is 310. The number of rotatable bonds is 2. The van der Waals surface area contributed by atoms with Crippen molar-refractivity contribution in [2.45, 2.75) is 24.8 Å². The van der Waals surface area contributed by atoms with Crippen LogP contribution in [0.3, 0.4) is 0 Å². The number of alkyl halides is 2. The monoisotopic (exact) mass is 219 g/mol. The molecule has 1 aliphatic carbocycles. The predicted molar refractivity (Wildman–Crippen MR) is 53.9 cm³/mol. The summed E-state index contributed by atoms with van der Waals surface area (Å²) in [7, 11) is 0. The zero-order valence-corrected chi connectivity index (χ0v) is 8.36. The number of hydrogen-bond donors (Lipinski definition) is 1. The van der Waals surface area contributed by atoms with Gasteiger partial charge in [-0.3, -0.25) is 0 Å². The molecule has 1 fully saturated rings. The highest BCUT2D eigenvalue weighted by Crippen LogP contribution is 2.55. The highest BCUT2D eigenvalue weighted by molar-refractivity contribution is 5.85. The Morgan fingerprint density at radius 2 is 1.79 bits per heavy atom. The molecule has 2 rings (SSSR count). The molecule has 1 unspecified atom stereocenters. The lowest BCUT2D eigenvalue weighted by Crippen LogP contribution is -1.97. The minimum atomic E-state index is -2.47. The van der Waals surface area contributed by atoms with E-state index in [1.165, 1.54) is 0 Å². The summed E-state index contributed by atoms with van der Waals surface area (Å²) in [6.45, 7) is 0.460. The minimum Gasteiger partial charge on any atom is -0.326 e. The van der Waals surface area contributed by atoms with E-state index in [2.05, 4.69) is 0 Å². The Hall–Kier alpha value is -0.670. The fourth-order valence-corrected chi connectivity index (χ4v) is 1.46. The van der Waals surface area contributed by atoms with E-state index in [4.69, 9.17) is 5.73 Å². The van der Waals surface area contributed by atoms with E-state index in [-0.39, 0.29) is 18.8 Å². The molecule has 0 aliphatic heterocycles. The lowest BCUT2D eigenvalue weighted by atomic mass is 10.1. The molecule has 1 nitrogen and oxygen atoms in total. The van der Waals surface area contributed by atoms with Crippen molar-refractivity contribution in [1.82, 2.24) is 0 Å². The lowest BCUT2D eigenvalue weighted by Gasteiger charge is -2.00. The second-order valence-corrected chi connectivity index (χ2v) is 3.46. The van der Waals surface area contributed by atoms with E-state index >= 15 is 0 Å². The summed E-state index contributed by atoms with van der Waals surface area (Å²) in [4.78, 5) is 0. The molecule has 1 aromatic rings. The van der Waals surface area contributed by atoms with Crippen molar-refractivity contribution >= 4 is 12.4 Å². The smallest absolute Gasteiger partial charge is 0.255 e. The van der Waals surface area contributed by atoms with Crippen LogP contribution in [-0.2, 0) is 6.54 Å². The molecule has 0 aromatic heterocycles. The van der Waals surface area contributed by atoms with Crippen LogP contribution in [0.15, 0.2) is 24.3 Å². The molecule has 78 valence electrons. The first-order chi connectivity index (χ1) is 6.13. The standard InChI is InChI=1S/C10H11F2N.ClH/c11-10(12)5-9(10)8-3-1-7(6-13)2-4-8;/h1-4,9H,5-6,13H2;1H. The van der Waals surface area contributed by atoms with Crippen LogP contribution in [0.2, 0.25) is 0 Å². The normalized spacial score (nSPS) is 22.6. The molecule has 2 N–H and O–H groups in total. The van der Waals surface area contributed by atoms with Crippen LogP contribution in [0.5, 0.6) is 0 Å². The summed E-state index contributed by atoms with van der Waals surface area (Å²) in [6.07, 6.45) is -0.00499. The fraction of sp³-hybridized carbons (Fsp3) is 0.400. The second-order valence-electron chi connectivity index (χ2n) is 3.46. The zero-order valence-electron chi connectivity index (χ0n) is 7.54. The third kappa shape index (κ3) is 2.04.